The molecule has 1 N–H and O–H groups in total. The zero-order valence-electron chi connectivity index (χ0n) is 19.8. The van der Waals surface area contributed by atoms with Crippen LogP contribution in [0.4, 0.5) is 5.69 Å². The summed E-state index contributed by atoms with van der Waals surface area (Å²) in [6.45, 7) is 4.94. The molecule has 1 spiro atoms. The number of hydrogen-bond donors (Lipinski definition) is 1. The summed E-state index contributed by atoms with van der Waals surface area (Å²) in [6.07, 6.45) is 4.40. The van der Waals surface area contributed by atoms with Crippen LogP contribution < -0.4 is 9.64 Å². The minimum Gasteiger partial charge on any atom is -0.497 e. The molecule has 2 unspecified atom stereocenters. The van der Waals surface area contributed by atoms with Crippen molar-refractivity contribution in [3.63, 3.8) is 0 Å². The number of hydrogen-bond acceptors (Lipinski definition) is 8. The van der Waals surface area contributed by atoms with Gasteiger partial charge >= 0.3 is 11.9 Å². The Morgan fingerprint density at radius 1 is 1.24 bits per heavy atom. The van der Waals surface area contributed by atoms with Crippen molar-refractivity contribution < 1.29 is 28.9 Å². The fourth-order valence-corrected chi connectivity index (χ4v) is 7.68. The first kappa shape index (κ1) is 22.2. The standard InChI is InChI=1S/C25H32N2O6/c1-6-23-10-7-12-27-13-11-24(19(23)27)17-9-8-16(31-4)14-18(17)26(3)20(24)25(30,22(29)32-5)21(23)33-15(2)28/h7-10,14,19-21,30H,6,11-13H2,1-5H3/t19?,20-,21-,23-,24?,25-/m1/s1. The molecule has 178 valence electrons. The van der Waals surface area contributed by atoms with E-state index in [1.807, 2.05) is 31.0 Å². The quantitative estimate of drug-likeness (QED) is 0.541. The lowest BCUT2D eigenvalue weighted by molar-refractivity contribution is -0.228. The molecule has 1 aliphatic carbocycles. The van der Waals surface area contributed by atoms with E-state index in [1.165, 1.54) is 14.0 Å². The van der Waals surface area contributed by atoms with E-state index >= 15 is 0 Å². The van der Waals surface area contributed by atoms with Crippen LogP contribution in [0.15, 0.2) is 30.4 Å². The van der Waals surface area contributed by atoms with Crippen molar-refractivity contribution in [1.29, 1.82) is 0 Å². The van der Waals surface area contributed by atoms with E-state index in [4.69, 9.17) is 14.2 Å². The Hall–Kier alpha value is -2.58. The Morgan fingerprint density at radius 3 is 2.64 bits per heavy atom. The Bertz CT molecular complexity index is 1040. The number of carbonyl (C=O) groups excluding carboxylic acids is 2. The number of nitrogens with zero attached hydrogens (tertiary/aromatic N) is 2. The molecule has 3 aliphatic heterocycles. The lowest BCUT2D eigenvalue weighted by Crippen LogP contribution is -2.81. The van der Waals surface area contributed by atoms with E-state index in [-0.39, 0.29) is 6.04 Å². The first-order valence-corrected chi connectivity index (χ1v) is 11.5. The van der Waals surface area contributed by atoms with E-state index in [1.54, 1.807) is 7.11 Å². The molecule has 0 bridgehead atoms. The summed E-state index contributed by atoms with van der Waals surface area (Å²) < 4.78 is 16.6. The lowest BCUT2D eigenvalue weighted by Gasteiger charge is -2.63. The summed E-state index contributed by atoms with van der Waals surface area (Å²) in [5.41, 5.74) is -1.41. The maximum absolute atomic E-state index is 13.5. The van der Waals surface area contributed by atoms with Gasteiger partial charge in [-0.2, -0.15) is 0 Å². The first-order valence-electron chi connectivity index (χ1n) is 11.5. The maximum atomic E-state index is 13.5. The third kappa shape index (κ3) is 2.48. The van der Waals surface area contributed by atoms with Crippen molar-refractivity contribution in [3.8, 4) is 5.75 Å². The fraction of sp³-hybridized carbons (Fsp3) is 0.600. The van der Waals surface area contributed by atoms with Crippen LogP contribution >= 0.6 is 0 Å². The number of ether oxygens (including phenoxy) is 3. The molecule has 0 aromatic heterocycles. The number of anilines is 1. The molecule has 1 aromatic carbocycles. The van der Waals surface area contributed by atoms with Crippen molar-refractivity contribution in [2.75, 3.05) is 39.3 Å². The molecular weight excluding hydrogens is 424 g/mol. The van der Waals surface area contributed by atoms with Crippen LogP contribution in [-0.4, -0.2) is 80.1 Å². The molecule has 1 saturated carbocycles. The summed E-state index contributed by atoms with van der Waals surface area (Å²) >= 11 is 0. The van der Waals surface area contributed by atoms with E-state index in [0.717, 1.165) is 30.8 Å². The van der Waals surface area contributed by atoms with Gasteiger partial charge in [-0.3, -0.25) is 9.69 Å². The van der Waals surface area contributed by atoms with Crippen molar-refractivity contribution in [3.05, 3.63) is 35.9 Å². The van der Waals surface area contributed by atoms with Gasteiger partial charge in [0.25, 0.3) is 0 Å². The zero-order chi connectivity index (χ0) is 23.8. The summed E-state index contributed by atoms with van der Waals surface area (Å²) in [5, 5.41) is 12.5. The molecule has 8 heteroatoms. The maximum Gasteiger partial charge on any atom is 0.344 e. The first-order chi connectivity index (χ1) is 15.7. The third-order valence-electron chi connectivity index (χ3n) is 8.62. The zero-order valence-corrected chi connectivity index (χ0v) is 19.8. The van der Waals surface area contributed by atoms with Crippen LogP contribution in [0.5, 0.6) is 5.75 Å². The number of esters is 2. The van der Waals surface area contributed by atoms with Gasteiger partial charge in [0, 0.05) is 49.1 Å². The Labute approximate surface area is 194 Å². The molecule has 0 radical (unpaired) electrons. The number of carbonyl (C=O) groups is 2. The van der Waals surface area contributed by atoms with Gasteiger partial charge in [-0.15, -0.1) is 0 Å². The van der Waals surface area contributed by atoms with Gasteiger partial charge in [0.1, 0.15) is 5.75 Å². The van der Waals surface area contributed by atoms with Gasteiger partial charge < -0.3 is 24.2 Å². The molecule has 0 amide bonds. The fourth-order valence-electron chi connectivity index (χ4n) is 7.68. The van der Waals surface area contributed by atoms with Gasteiger partial charge in [-0.05, 0) is 31.0 Å². The van der Waals surface area contributed by atoms with Gasteiger partial charge in [0.05, 0.1) is 20.3 Å². The van der Waals surface area contributed by atoms with Gasteiger partial charge in [0.2, 0.25) is 5.60 Å². The van der Waals surface area contributed by atoms with Crippen LogP contribution in [0.3, 0.4) is 0 Å². The molecule has 3 heterocycles. The van der Waals surface area contributed by atoms with Crippen LogP contribution in [-0.2, 0) is 24.5 Å². The van der Waals surface area contributed by atoms with E-state index in [9.17, 15) is 14.7 Å². The number of aliphatic hydroxyl groups is 1. The number of benzene rings is 1. The molecule has 33 heavy (non-hydrogen) atoms. The SMILES string of the molecule is CC[C@]12C=CCN3CCC4(c5ccc(OC)cc5N(C)[C@H]4[C@](O)(C(=O)OC)[C@@H]1OC(C)=O)C32. The van der Waals surface area contributed by atoms with E-state index < -0.39 is 40.5 Å². The largest absolute Gasteiger partial charge is 0.497 e. The van der Waals surface area contributed by atoms with Gasteiger partial charge in [-0.25, -0.2) is 4.79 Å². The highest BCUT2D eigenvalue weighted by atomic mass is 16.6. The number of fused-ring (bicyclic) bond motifs is 1. The summed E-state index contributed by atoms with van der Waals surface area (Å²) in [6, 6.07) is 5.22. The topological polar surface area (TPSA) is 88.5 Å². The number of likely N-dealkylation sites (N-methyl/N-ethyl adjacent to an activating group) is 1. The highest BCUT2D eigenvalue weighted by Crippen LogP contribution is 2.67. The summed E-state index contributed by atoms with van der Waals surface area (Å²) in [7, 11) is 4.77. The summed E-state index contributed by atoms with van der Waals surface area (Å²) in [4.78, 5) is 30.2. The molecule has 5 rings (SSSR count). The van der Waals surface area contributed by atoms with Gasteiger partial charge in [-0.1, -0.05) is 25.1 Å². The van der Waals surface area contributed by atoms with Crippen molar-refractivity contribution in [1.82, 2.24) is 4.90 Å². The molecule has 2 fully saturated rings. The molecule has 1 aromatic rings. The van der Waals surface area contributed by atoms with Crippen LogP contribution in [0.25, 0.3) is 0 Å². The monoisotopic (exact) mass is 456 g/mol. The highest BCUT2D eigenvalue weighted by Gasteiger charge is 2.80. The number of rotatable bonds is 4. The molecule has 8 nitrogen and oxygen atoms in total. The number of methoxy groups -OCH3 is 2. The summed E-state index contributed by atoms with van der Waals surface area (Å²) in [5.74, 6) is -0.617. The second kappa shape index (κ2) is 7.21. The second-order valence-electron chi connectivity index (χ2n) is 9.76. The average Bonchev–Trinajstić information content (AvgIpc) is 3.32. The van der Waals surface area contributed by atoms with Crippen LogP contribution in [0, 0.1) is 5.41 Å². The van der Waals surface area contributed by atoms with E-state index in [0.29, 0.717) is 12.2 Å². The van der Waals surface area contributed by atoms with Crippen LogP contribution in [0.2, 0.25) is 0 Å². The smallest absolute Gasteiger partial charge is 0.344 e. The lowest BCUT2D eigenvalue weighted by atomic mass is 9.47. The third-order valence-corrected chi connectivity index (χ3v) is 8.62. The molecule has 1 saturated heterocycles. The molecule has 6 atom stereocenters. The minimum absolute atomic E-state index is 0.0589. The molecule has 4 aliphatic rings. The van der Waals surface area contributed by atoms with Gasteiger partial charge in [0.15, 0.2) is 6.10 Å². The average molecular weight is 457 g/mol. The molecular formula is C25H32N2O6. The van der Waals surface area contributed by atoms with Crippen molar-refractivity contribution >= 4 is 17.6 Å². The Morgan fingerprint density at radius 2 is 2.00 bits per heavy atom. The Balaban J connectivity index is 1.86. The normalized spacial score (nSPS) is 38.4. The minimum atomic E-state index is -2.08. The second-order valence-corrected chi connectivity index (χ2v) is 9.76. The van der Waals surface area contributed by atoms with Crippen LogP contribution in [0.1, 0.15) is 32.3 Å². The Kier molecular flexibility index (Phi) is 4.85. The predicted molar refractivity (Wildman–Crippen MR) is 121 cm³/mol. The van der Waals surface area contributed by atoms with Crippen molar-refractivity contribution in [2.24, 2.45) is 5.41 Å². The predicted octanol–water partition coefficient (Wildman–Crippen LogP) is 1.64. The van der Waals surface area contributed by atoms with Crippen molar-refractivity contribution in [2.45, 2.75) is 55.9 Å². The van der Waals surface area contributed by atoms with E-state index in [2.05, 4.69) is 23.1 Å². The highest BCUT2D eigenvalue weighted by molar-refractivity contribution is 5.87.